The molecule has 0 aliphatic heterocycles. The first-order valence-corrected chi connectivity index (χ1v) is 4.15. The number of rotatable bonds is 7. The van der Waals surface area contributed by atoms with Crippen LogP contribution >= 0.6 is 0 Å². The van der Waals surface area contributed by atoms with Gasteiger partial charge in [-0.05, 0) is 12.8 Å². The lowest BCUT2D eigenvalue weighted by Gasteiger charge is -2.15. The summed E-state index contributed by atoms with van der Waals surface area (Å²) in [5.41, 5.74) is 0. The van der Waals surface area contributed by atoms with E-state index in [0.717, 1.165) is 25.8 Å². The minimum atomic E-state index is 0.163. The van der Waals surface area contributed by atoms with E-state index in [1.807, 2.05) is 0 Å². The van der Waals surface area contributed by atoms with Crippen LogP contribution in [0.15, 0.2) is 0 Å². The molecule has 0 aromatic rings. The number of hydrogen-bond acceptors (Lipinski definition) is 2. The van der Waals surface area contributed by atoms with Gasteiger partial charge in [0.15, 0.2) is 0 Å². The van der Waals surface area contributed by atoms with Crippen molar-refractivity contribution in [2.24, 2.45) is 0 Å². The van der Waals surface area contributed by atoms with Gasteiger partial charge in [-0.25, -0.2) is 0 Å². The van der Waals surface area contributed by atoms with Crippen molar-refractivity contribution in [3.8, 4) is 0 Å². The number of amides is 1. The highest BCUT2D eigenvalue weighted by Crippen LogP contribution is 1.92. The van der Waals surface area contributed by atoms with Gasteiger partial charge in [-0.2, -0.15) is 0 Å². The number of hydrogen-bond donors (Lipinski definition) is 1. The maximum absolute atomic E-state index is 10.4. The summed E-state index contributed by atoms with van der Waals surface area (Å²) in [5, 5.41) is 8.49. The summed E-state index contributed by atoms with van der Waals surface area (Å²) < 4.78 is 0. The Morgan fingerprint density at radius 2 is 2.00 bits per heavy atom. The highest BCUT2D eigenvalue weighted by atomic mass is 16.3. The van der Waals surface area contributed by atoms with E-state index in [-0.39, 0.29) is 6.61 Å². The maximum atomic E-state index is 10.4. The van der Waals surface area contributed by atoms with E-state index in [1.165, 1.54) is 0 Å². The van der Waals surface area contributed by atoms with E-state index < -0.39 is 0 Å². The summed E-state index contributed by atoms with van der Waals surface area (Å²) in [4.78, 5) is 12.1. The van der Waals surface area contributed by atoms with Crippen molar-refractivity contribution >= 4 is 6.41 Å². The predicted molar refractivity (Wildman–Crippen MR) is 44.2 cm³/mol. The van der Waals surface area contributed by atoms with Crippen LogP contribution in [0.2, 0.25) is 0 Å². The lowest BCUT2D eigenvalue weighted by molar-refractivity contribution is -0.118. The predicted octanol–water partition coefficient (Wildman–Crippen LogP) is 0.627. The molecule has 0 heterocycles. The molecule has 0 aliphatic rings. The smallest absolute Gasteiger partial charge is 0.209 e. The van der Waals surface area contributed by atoms with E-state index >= 15 is 0 Å². The van der Waals surface area contributed by atoms with Gasteiger partial charge >= 0.3 is 0 Å². The topological polar surface area (TPSA) is 40.5 Å². The molecule has 0 rings (SSSR count). The van der Waals surface area contributed by atoms with Gasteiger partial charge in [0, 0.05) is 19.7 Å². The summed E-state index contributed by atoms with van der Waals surface area (Å²) >= 11 is 0. The first kappa shape index (κ1) is 10.4. The number of carbonyl (C=O) groups excluding carboxylic acids is 1. The number of carbonyl (C=O) groups is 1. The van der Waals surface area contributed by atoms with Crippen LogP contribution in [-0.2, 0) is 4.79 Å². The summed E-state index contributed by atoms with van der Waals surface area (Å²) in [5.74, 6) is 0. The lowest BCUT2D eigenvalue weighted by Crippen LogP contribution is -2.24. The summed E-state index contributed by atoms with van der Waals surface area (Å²) in [6, 6.07) is 0. The third kappa shape index (κ3) is 5.85. The van der Waals surface area contributed by atoms with Crippen LogP contribution in [0.5, 0.6) is 0 Å². The van der Waals surface area contributed by atoms with Crippen molar-refractivity contribution in [3.63, 3.8) is 0 Å². The first-order valence-electron chi connectivity index (χ1n) is 4.15. The fourth-order valence-corrected chi connectivity index (χ4v) is 0.852. The molecule has 0 aromatic carbocycles. The molecule has 1 amide bonds. The summed E-state index contributed by atoms with van der Waals surface area (Å²) in [6.45, 7) is 3.76. The third-order valence-corrected chi connectivity index (χ3v) is 1.55. The van der Waals surface area contributed by atoms with E-state index in [9.17, 15) is 4.79 Å². The Morgan fingerprint density at radius 3 is 2.45 bits per heavy atom. The van der Waals surface area contributed by atoms with Gasteiger partial charge in [-0.3, -0.25) is 4.79 Å². The molecule has 0 atom stereocenters. The van der Waals surface area contributed by atoms with Gasteiger partial charge in [0.25, 0.3) is 0 Å². The van der Waals surface area contributed by atoms with Gasteiger partial charge in [-0.1, -0.05) is 13.3 Å². The van der Waals surface area contributed by atoms with E-state index in [4.69, 9.17) is 5.11 Å². The number of aliphatic hydroxyl groups excluding tert-OH is 1. The average molecular weight is 159 g/mol. The van der Waals surface area contributed by atoms with Crippen LogP contribution in [0.1, 0.15) is 26.2 Å². The van der Waals surface area contributed by atoms with E-state index in [0.29, 0.717) is 13.0 Å². The van der Waals surface area contributed by atoms with Crippen LogP contribution in [0.3, 0.4) is 0 Å². The zero-order valence-corrected chi connectivity index (χ0v) is 7.12. The molecule has 0 unspecified atom stereocenters. The zero-order chi connectivity index (χ0) is 8.53. The molecule has 1 N–H and O–H groups in total. The fraction of sp³-hybridized carbons (Fsp3) is 0.875. The van der Waals surface area contributed by atoms with Crippen molar-refractivity contribution in [2.45, 2.75) is 26.2 Å². The van der Waals surface area contributed by atoms with Crippen LogP contribution in [0.25, 0.3) is 0 Å². The second-order valence-corrected chi connectivity index (χ2v) is 2.57. The molecular formula is C8H17NO2. The van der Waals surface area contributed by atoms with Crippen molar-refractivity contribution in [1.29, 1.82) is 0 Å². The van der Waals surface area contributed by atoms with Crippen LogP contribution < -0.4 is 0 Å². The summed E-state index contributed by atoms with van der Waals surface area (Å²) in [6.07, 6.45) is 3.68. The van der Waals surface area contributed by atoms with Gasteiger partial charge in [-0.15, -0.1) is 0 Å². The van der Waals surface area contributed by atoms with Crippen molar-refractivity contribution in [1.82, 2.24) is 4.90 Å². The lowest BCUT2D eigenvalue weighted by atomic mass is 10.3. The molecule has 11 heavy (non-hydrogen) atoms. The Hall–Kier alpha value is -0.570. The Bertz CT molecular complexity index is 88.1. The van der Waals surface area contributed by atoms with Crippen molar-refractivity contribution in [3.05, 3.63) is 0 Å². The molecule has 0 saturated carbocycles. The molecule has 66 valence electrons. The Morgan fingerprint density at radius 1 is 1.36 bits per heavy atom. The molecule has 0 aromatic heterocycles. The molecule has 0 fully saturated rings. The molecule has 0 saturated heterocycles. The largest absolute Gasteiger partial charge is 0.396 e. The molecule has 3 nitrogen and oxygen atoms in total. The Balaban J connectivity index is 3.33. The second kappa shape index (κ2) is 7.54. The van der Waals surface area contributed by atoms with Gasteiger partial charge in [0.2, 0.25) is 6.41 Å². The minimum absolute atomic E-state index is 0.163. The minimum Gasteiger partial charge on any atom is -0.396 e. The summed E-state index contributed by atoms with van der Waals surface area (Å²) in [7, 11) is 0. The molecule has 3 heteroatoms. The standard InChI is InChI=1S/C8H17NO2/c1-2-3-5-9(8-11)6-4-7-10/h8,10H,2-7H2,1H3. The maximum Gasteiger partial charge on any atom is 0.209 e. The number of nitrogens with zero attached hydrogens (tertiary/aromatic N) is 1. The molecular weight excluding hydrogens is 142 g/mol. The number of unbranched alkanes of at least 4 members (excludes halogenated alkanes) is 1. The first-order chi connectivity index (χ1) is 5.35. The van der Waals surface area contributed by atoms with E-state index in [1.54, 1.807) is 4.90 Å². The van der Waals surface area contributed by atoms with Crippen LogP contribution in [-0.4, -0.2) is 36.1 Å². The van der Waals surface area contributed by atoms with Crippen molar-refractivity contribution in [2.75, 3.05) is 19.7 Å². The molecule has 0 radical (unpaired) electrons. The highest BCUT2D eigenvalue weighted by Gasteiger charge is 1.98. The normalized spacial score (nSPS) is 9.64. The van der Waals surface area contributed by atoms with Gasteiger partial charge in [0.1, 0.15) is 0 Å². The quantitative estimate of drug-likeness (QED) is 0.553. The Labute approximate surface area is 68.0 Å². The van der Waals surface area contributed by atoms with E-state index in [2.05, 4.69) is 6.92 Å². The zero-order valence-electron chi connectivity index (χ0n) is 7.12. The Kier molecular flexibility index (Phi) is 7.15. The van der Waals surface area contributed by atoms with Crippen LogP contribution in [0, 0.1) is 0 Å². The van der Waals surface area contributed by atoms with Crippen molar-refractivity contribution < 1.29 is 9.90 Å². The van der Waals surface area contributed by atoms with Gasteiger partial charge < -0.3 is 10.0 Å². The average Bonchev–Trinajstić information content (AvgIpc) is 2.05. The number of aliphatic hydroxyl groups is 1. The third-order valence-electron chi connectivity index (χ3n) is 1.55. The SMILES string of the molecule is CCCCN(C=O)CCCO. The van der Waals surface area contributed by atoms with Crippen LogP contribution in [0.4, 0.5) is 0 Å². The fourth-order valence-electron chi connectivity index (χ4n) is 0.852. The highest BCUT2D eigenvalue weighted by molar-refractivity contribution is 5.46. The van der Waals surface area contributed by atoms with Gasteiger partial charge in [0.05, 0.1) is 0 Å². The monoisotopic (exact) mass is 159 g/mol. The second-order valence-electron chi connectivity index (χ2n) is 2.57. The molecule has 0 spiro atoms. The molecule has 0 bridgehead atoms. The molecule has 0 aliphatic carbocycles.